The molecule has 0 radical (unpaired) electrons. The van der Waals surface area contributed by atoms with Gasteiger partial charge >= 0.3 is 5.97 Å². The quantitative estimate of drug-likeness (QED) is 0.863. The van der Waals surface area contributed by atoms with Crippen LogP contribution in [0.25, 0.3) is 11.0 Å². The Morgan fingerprint density at radius 3 is 2.78 bits per heavy atom. The molecule has 2 aromatic rings. The second-order valence-corrected chi connectivity index (χ2v) is 3.95. The van der Waals surface area contributed by atoms with Crippen molar-refractivity contribution in [2.24, 2.45) is 7.05 Å². The normalized spacial score (nSPS) is 10.6. The van der Waals surface area contributed by atoms with Gasteiger partial charge in [-0.25, -0.2) is 9.78 Å². The van der Waals surface area contributed by atoms with Crippen LogP contribution >= 0.6 is 0 Å². The van der Waals surface area contributed by atoms with Crippen molar-refractivity contribution >= 4 is 28.6 Å². The van der Waals surface area contributed by atoms with Gasteiger partial charge in [0.2, 0.25) is 5.91 Å². The monoisotopic (exact) mass is 247 g/mol. The maximum Gasteiger partial charge on any atom is 0.337 e. The lowest BCUT2D eigenvalue weighted by molar-refractivity contribution is -0.115. The summed E-state index contributed by atoms with van der Waals surface area (Å²) in [5.74, 6) is -1.21. The highest BCUT2D eigenvalue weighted by atomic mass is 16.4. The number of amides is 1. The number of carbonyl (C=O) groups excluding carboxylic acids is 1. The average molecular weight is 247 g/mol. The van der Waals surface area contributed by atoms with Gasteiger partial charge in [-0.3, -0.25) is 4.79 Å². The fraction of sp³-hybridized carbons (Fsp3) is 0.250. The summed E-state index contributed by atoms with van der Waals surface area (Å²) in [5.41, 5.74) is 1.66. The zero-order valence-corrected chi connectivity index (χ0v) is 10.1. The van der Waals surface area contributed by atoms with E-state index < -0.39 is 5.97 Å². The average Bonchev–Trinajstić information content (AvgIpc) is 2.70. The van der Waals surface area contributed by atoms with Gasteiger partial charge in [0.15, 0.2) is 0 Å². The molecule has 0 saturated heterocycles. The molecule has 0 atom stereocenters. The molecule has 0 aliphatic heterocycles. The van der Waals surface area contributed by atoms with Crippen molar-refractivity contribution in [2.45, 2.75) is 13.3 Å². The molecule has 1 aromatic carbocycles. The number of nitrogens with one attached hydrogen (secondary N) is 1. The first-order valence-corrected chi connectivity index (χ1v) is 5.51. The van der Waals surface area contributed by atoms with E-state index in [2.05, 4.69) is 10.3 Å². The number of carbonyl (C=O) groups is 2. The molecular formula is C12H13N3O3. The fourth-order valence-electron chi connectivity index (χ4n) is 1.78. The largest absolute Gasteiger partial charge is 0.478 e. The molecule has 0 spiro atoms. The number of rotatable bonds is 3. The van der Waals surface area contributed by atoms with Gasteiger partial charge in [0.25, 0.3) is 0 Å². The summed E-state index contributed by atoms with van der Waals surface area (Å²) in [6.45, 7) is 1.73. The molecule has 0 unspecified atom stereocenters. The number of benzene rings is 1. The Bertz CT molecular complexity index is 631. The van der Waals surface area contributed by atoms with Crippen LogP contribution in [0.1, 0.15) is 23.7 Å². The zero-order valence-electron chi connectivity index (χ0n) is 10.1. The number of imidazole rings is 1. The van der Waals surface area contributed by atoms with E-state index in [-0.39, 0.29) is 11.5 Å². The second-order valence-electron chi connectivity index (χ2n) is 3.95. The summed E-state index contributed by atoms with van der Waals surface area (Å²) in [5, 5.41) is 11.8. The molecule has 0 fully saturated rings. The van der Waals surface area contributed by atoms with Gasteiger partial charge in [-0.15, -0.1) is 0 Å². The lowest BCUT2D eigenvalue weighted by Gasteiger charge is -2.06. The molecular weight excluding hydrogens is 234 g/mol. The Labute approximate surface area is 103 Å². The molecule has 0 aliphatic rings. The summed E-state index contributed by atoms with van der Waals surface area (Å²) in [4.78, 5) is 26.6. The van der Waals surface area contributed by atoms with Crippen molar-refractivity contribution in [3.8, 4) is 0 Å². The lowest BCUT2D eigenvalue weighted by atomic mass is 10.1. The summed E-state index contributed by atoms with van der Waals surface area (Å²) >= 11 is 0. The predicted molar refractivity (Wildman–Crippen MR) is 66.6 cm³/mol. The van der Waals surface area contributed by atoms with Gasteiger partial charge in [-0.05, 0) is 12.1 Å². The Kier molecular flexibility index (Phi) is 3.01. The number of nitrogens with zero attached hydrogens (tertiary/aromatic N) is 2. The number of hydrogen-bond donors (Lipinski definition) is 2. The van der Waals surface area contributed by atoms with Crippen molar-refractivity contribution in [3.63, 3.8) is 0 Å². The minimum absolute atomic E-state index is 0.124. The van der Waals surface area contributed by atoms with E-state index in [1.807, 2.05) is 0 Å². The summed E-state index contributed by atoms with van der Waals surface area (Å²) in [7, 11) is 1.73. The number of aryl methyl sites for hydroxylation is 1. The van der Waals surface area contributed by atoms with Crippen LogP contribution in [0.5, 0.6) is 0 Å². The first kappa shape index (κ1) is 12.1. The van der Waals surface area contributed by atoms with Crippen LogP contribution < -0.4 is 5.32 Å². The molecule has 94 valence electrons. The van der Waals surface area contributed by atoms with Gasteiger partial charge in [-0.2, -0.15) is 0 Å². The molecule has 2 rings (SSSR count). The summed E-state index contributed by atoms with van der Waals surface area (Å²) < 4.78 is 1.64. The summed E-state index contributed by atoms with van der Waals surface area (Å²) in [6, 6.07) is 3.11. The van der Waals surface area contributed by atoms with Crippen LogP contribution in [-0.2, 0) is 11.8 Å². The van der Waals surface area contributed by atoms with E-state index in [9.17, 15) is 14.7 Å². The van der Waals surface area contributed by atoms with Crippen LogP contribution in [0.3, 0.4) is 0 Å². The molecule has 18 heavy (non-hydrogen) atoms. The maximum absolute atomic E-state index is 11.3. The van der Waals surface area contributed by atoms with E-state index >= 15 is 0 Å². The molecule has 6 heteroatoms. The molecule has 0 saturated carbocycles. The van der Waals surface area contributed by atoms with E-state index in [1.54, 1.807) is 30.9 Å². The van der Waals surface area contributed by atoms with Crippen molar-refractivity contribution in [1.29, 1.82) is 0 Å². The van der Waals surface area contributed by atoms with E-state index in [1.165, 1.54) is 6.07 Å². The Hall–Kier alpha value is -2.37. The van der Waals surface area contributed by atoms with Crippen molar-refractivity contribution in [3.05, 3.63) is 24.0 Å². The van der Waals surface area contributed by atoms with Gasteiger partial charge in [0, 0.05) is 19.2 Å². The Morgan fingerprint density at radius 1 is 1.44 bits per heavy atom. The minimum Gasteiger partial charge on any atom is -0.478 e. The van der Waals surface area contributed by atoms with E-state index in [4.69, 9.17) is 0 Å². The van der Waals surface area contributed by atoms with Crippen molar-refractivity contribution in [1.82, 2.24) is 9.55 Å². The smallest absolute Gasteiger partial charge is 0.337 e. The summed E-state index contributed by atoms with van der Waals surface area (Å²) in [6.07, 6.45) is 1.88. The molecule has 6 nitrogen and oxygen atoms in total. The van der Waals surface area contributed by atoms with E-state index in [0.717, 1.165) is 0 Å². The molecule has 0 aliphatic carbocycles. The molecule has 1 amide bonds. The third kappa shape index (κ3) is 2.04. The molecule has 0 bridgehead atoms. The maximum atomic E-state index is 11.3. The number of hydrogen-bond acceptors (Lipinski definition) is 3. The van der Waals surface area contributed by atoms with Crippen LogP contribution in [0.2, 0.25) is 0 Å². The van der Waals surface area contributed by atoms with Crippen molar-refractivity contribution in [2.75, 3.05) is 5.32 Å². The number of aromatic nitrogens is 2. The highest BCUT2D eigenvalue weighted by molar-refractivity contribution is 6.04. The first-order valence-electron chi connectivity index (χ1n) is 5.51. The van der Waals surface area contributed by atoms with E-state index in [0.29, 0.717) is 23.1 Å². The fourth-order valence-corrected chi connectivity index (χ4v) is 1.78. The Morgan fingerprint density at radius 2 is 2.17 bits per heavy atom. The number of carboxylic acid groups (broad SMARTS) is 1. The number of fused-ring (bicyclic) bond motifs is 1. The third-order valence-electron chi connectivity index (χ3n) is 2.65. The van der Waals surface area contributed by atoms with Crippen LogP contribution in [0.15, 0.2) is 18.5 Å². The lowest BCUT2D eigenvalue weighted by Crippen LogP contribution is -2.10. The zero-order chi connectivity index (χ0) is 13.3. The number of aromatic carboxylic acids is 1. The highest BCUT2D eigenvalue weighted by Gasteiger charge is 2.14. The molecule has 2 N–H and O–H groups in total. The van der Waals surface area contributed by atoms with Gasteiger partial charge in [-0.1, -0.05) is 6.92 Å². The SMILES string of the molecule is CCC(=O)Nc1cc(C(=O)O)c2c(c1)ncn2C. The van der Waals surface area contributed by atoms with Crippen LogP contribution in [-0.4, -0.2) is 26.5 Å². The van der Waals surface area contributed by atoms with Crippen LogP contribution in [0, 0.1) is 0 Å². The first-order chi connectivity index (χ1) is 8.52. The number of anilines is 1. The van der Waals surface area contributed by atoms with Crippen molar-refractivity contribution < 1.29 is 14.7 Å². The molecule has 1 aromatic heterocycles. The van der Waals surface area contributed by atoms with Gasteiger partial charge in [0.05, 0.1) is 22.9 Å². The number of carboxylic acids is 1. The third-order valence-corrected chi connectivity index (χ3v) is 2.65. The van der Waals surface area contributed by atoms with Gasteiger partial charge in [0.1, 0.15) is 0 Å². The predicted octanol–water partition coefficient (Wildman–Crippen LogP) is 1.62. The van der Waals surface area contributed by atoms with Crippen LogP contribution in [0.4, 0.5) is 5.69 Å². The second kappa shape index (κ2) is 4.48. The molecule has 1 heterocycles. The Balaban J connectivity index is 2.58. The topological polar surface area (TPSA) is 84.2 Å². The minimum atomic E-state index is -1.05. The van der Waals surface area contributed by atoms with Gasteiger partial charge < -0.3 is 15.0 Å². The highest BCUT2D eigenvalue weighted by Crippen LogP contribution is 2.23. The standard InChI is InChI=1S/C12H13N3O3/c1-3-10(16)14-7-4-8(12(17)18)11-9(5-7)13-6-15(11)2/h4-6H,3H2,1-2H3,(H,14,16)(H,17,18).